The molecule has 1 heterocycles. The molecule has 0 atom stereocenters. The molecule has 0 spiro atoms. The summed E-state index contributed by atoms with van der Waals surface area (Å²) < 4.78 is 24.2. The first-order valence-electron chi connectivity index (χ1n) is 3.33. The lowest BCUT2D eigenvalue weighted by molar-refractivity contribution is 0.304. The standard InChI is InChI=1S/C4H10OSi.FH2O3P/c1-2-4-6-5-3-1;1-5(2,3)4/h1-4,6H2;(H2,2,3,4). The number of halogens is 1. The zero-order valence-electron chi connectivity index (χ0n) is 6.07. The van der Waals surface area contributed by atoms with Gasteiger partial charge in [-0.2, -0.15) is 0 Å². The Morgan fingerprint density at radius 2 is 2.00 bits per heavy atom. The van der Waals surface area contributed by atoms with E-state index in [9.17, 15) is 4.20 Å². The Bertz CT molecular complexity index is 114. The van der Waals surface area contributed by atoms with Gasteiger partial charge in [0, 0.05) is 6.61 Å². The van der Waals surface area contributed by atoms with Gasteiger partial charge in [-0.3, -0.25) is 9.79 Å². The second-order valence-electron chi connectivity index (χ2n) is 2.15. The third kappa shape index (κ3) is 17.9. The van der Waals surface area contributed by atoms with E-state index in [-0.39, 0.29) is 9.76 Å². The van der Waals surface area contributed by atoms with E-state index >= 15 is 0 Å². The quantitative estimate of drug-likeness (QED) is 0.439. The minimum absolute atomic E-state index is 0.00849. The van der Waals surface area contributed by atoms with Crippen LogP contribution >= 0.6 is 7.91 Å². The highest BCUT2D eigenvalue weighted by Gasteiger charge is 2.04. The second-order valence-corrected chi connectivity index (χ2v) is 4.62. The monoisotopic (exact) mass is 202 g/mol. The van der Waals surface area contributed by atoms with Gasteiger partial charge in [0.2, 0.25) is 0 Å². The van der Waals surface area contributed by atoms with Crippen LogP contribution in [0.1, 0.15) is 12.8 Å². The minimum atomic E-state index is -5.14. The molecule has 68 valence electrons. The van der Waals surface area contributed by atoms with Gasteiger partial charge in [-0.15, -0.1) is 4.20 Å². The third-order valence-corrected chi connectivity index (χ3v) is 2.44. The smallest absolute Gasteiger partial charge is 0.424 e. The van der Waals surface area contributed by atoms with E-state index in [2.05, 4.69) is 0 Å². The van der Waals surface area contributed by atoms with E-state index in [0.29, 0.717) is 0 Å². The summed E-state index contributed by atoms with van der Waals surface area (Å²) in [5.74, 6) is 0. The van der Waals surface area contributed by atoms with Crippen molar-refractivity contribution in [2.45, 2.75) is 18.9 Å². The lowest BCUT2D eigenvalue weighted by Crippen LogP contribution is -2.06. The lowest BCUT2D eigenvalue weighted by Gasteiger charge is -2.07. The number of hydrogen-bond acceptors (Lipinski definition) is 2. The first-order chi connectivity index (χ1) is 5.00. The molecule has 4 nitrogen and oxygen atoms in total. The van der Waals surface area contributed by atoms with Crippen molar-refractivity contribution in [2.24, 2.45) is 0 Å². The zero-order valence-corrected chi connectivity index (χ0v) is 8.38. The summed E-state index contributed by atoms with van der Waals surface area (Å²) in [7, 11) is -5.13. The fraction of sp³-hybridized carbons (Fsp3) is 1.00. The van der Waals surface area contributed by atoms with Crippen LogP contribution in [0.5, 0.6) is 0 Å². The van der Waals surface area contributed by atoms with E-state index in [1.165, 1.54) is 18.9 Å². The van der Waals surface area contributed by atoms with Crippen LogP contribution < -0.4 is 0 Å². The first-order valence-corrected chi connectivity index (χ1v) is 6.41. The molecule has 0 amide bonds. The van der Waals surface area contributed by atoms with Gasteiger partial charge in [0.05, 0.1) is 0 Å². The van der Waals surface area contributed by atoms with Crippen LogP contribution in [0, 0.1) is 0 Å². The SMILES string of the molecule is C1CC[SiH2]OC1.O=P(O)(O)F. The van der Waals surface area contributed by atoms with Crippen molar-refractivity contribution in [2.75, 3.05) is 6.61 Å². The van der Waals surface area contributed by atoms with Crippen LogP contribution in [-0.4, -0.2) is 26.2 Å². The molecule has 0 saturated carbocycles. The topological polar surface area (TPSA) is 66.8 Å². The highest BCUT2D eigenvalue weighted by Crippen LogP contribution is 2.34. The van der Waals surface area contributed by atoms with Gasteiger partial charge in [0.15, 0.2) is 9.76 Å². The van der Waals surface area contributed by atoms with Crippen molar-refractivity contribution >= 4 is 17.7 Å². The van der Waals surface area contributed by atoms with Crippen molar-refractivity contribution in [1.82, 2.24) is 0 Å². The number of hydrogen-bond donors (Lipinski definition) is 2. The van der Waals surface area contributed by atoms with Crippen LogP contribution in [0.3, 0.4) is 0 Å². The summed E-state index contributed by atoms with van der Waals surface area (Å²) >= 11 is 0. The molecule has 0 unspecified atom stereocenters. The molecule has 11 heavy (non-hydrogen) atoms. The summed E-state index contributed by atoms with van der Waals surface area (Å²) in [5.41, 5.74) is 0. The van der Waals surface area contributed by atoms with E-state index in [1.807, 2.05) is 0 Å². The van der Waals surface area contributed by atoms with Crippen LogP contribution in [0.25, 0.3) is 0 Å². The van der Waals surface area contributed by atoms with Gasteiger partial charge in [0.25, 0.3) is 0 Å². The third-order valence-electron chi connectivity index (χ3n) is 1.08. The molecule has 1 saturated heterocycles. The van der Waals surface area contributed by atoms with Crippen LogP contribution in [0.4, 0.5) is 4.20 Å². The minimum Gasteiger partial charge on any atom is -0.424 e. The summed E-state index contributed by atoms with van der Waals surface area (Å²) in [6.45, 7) is 1.06. The molecule has 1 fully saturated rings. The summed E-state index contributed by atoms with van der Waals surface area (Å²) in [5, 5.41) is 0. The Balaban J connectivity index is 0.000000187. The molecule has 0 aromatic heterocycles. The Morgan fingerprint density at radius 3 is 2.09 bits per heavy atom. The van der Waals surface area contributed by atoms with Gasteiger partial charge >= 0.3 is 7.91 Å². The van der Waals surface area contributed by atoms with E-state index < -0.39 is 7.91 Å². The molecule has 2 N–H and O–H groups in total. The van der Waals surface area contributed by atoms with Gasteiger partial charge in [-0.1, -0.05) is 6.42 Å². The Morgan fingerprint density at radius 1 is 1.45 bits per heavy atom. The van der Waals surface area contributed by atoms with E-state index in [1.54, 1.807) is 0 Å². The predicted octanol–water partition coefficient (Wildman–Crippen LogP) is 0.347. The van der Waals surface area contributed by atoms with Crippen LogP contribution in [-0.2, 0) is 8.99 Å². The molecule has 1 aliphatic heterocycles. The number of rotatable bonds is 0. The average Bonchev–Trinajstić information content (AvgIpc) is 1.88. The Kier molecular flexibility index (Phi) is 5.99. The summed E-state index contributed by atoms with van der Waals surface area (Å²) in [4.78, 5) is 13.9. The Hall–Kier alpha value is 0.257. The maximum Gasteiger partial charge on any atom is 0.507 e. The Labute approximate surface area is 67.0 Å². The normalized spacial score (nSPS) is 20.6. The molecule has 0 aliphatic carbocycles. The van der Waals surface area contributed by atoms with E-state index in [4.69, 9.17) is 18.8 Å². The van der Waals surface area contributed by atoms with Crippen molar-refractivity contribution in [3.8, 4) is 0 Å². The lowest BCUT2D eigenvalue weighted by atomic mass is 10.4. The van der Waals surface area contributed by atoms with Gasteiger partial charge in [-0.05, 0) is 12.5 Å². The predicted molar refractivity (Wildman–Crippen MR) is 41.7 cm³/mol. The molecule has 7 heteroatoms. The average molecular weight is 202 g/mol. The van der Waals surface area contributed by atoms with Crippen LogP contribution in [0.15, 0.2) is 0 Å². The van der Waals surface area contributed by atoms with Crippen molar-refractivity contribution in [3.63, 3.8) is 0 Å². The van der Waals surface area contributed by atoms with Crippen LogP contribution in [0.2, 0.25) is 6.04 Å². The molecule has 1 aliphatic rings. The largest absolute Gasteiger partial charge is 0.507 e. The van der Waals surface area contributed by atoms with Gasteiger partial charge in [-0.25, -0.2) is 4.57 Å². The van der Waals surface area contributed by atoms with Crippen molar-refractivity contribution < 1.29 is 23.0 Å². The molecular formula is C4H12FO4PSi. The summed E-state index contributed by atoms with van der Waals surface area (Å²) in [6, 6.07) is 1.42. The molecule has 1 rings (SSSR count). The molecule has 0 aromatic carbocycles. The second kappa shape index (κ2) is 5.85. The zero-order chi connectivity index (χ0) is 8.74. The van der Waals surface area contributed by atoms with Crippen molar-refractivity contribution in [3.05, 3.63) is 0 Å². The molecule has 0 bridgehead atoms. The van der Waals surface area contributed by atoms with Crippen molar-refractivity contribution in [1.29, 1.82) is 0 Å². The van der Waals surface area contributed by atoms with Gasteiger partial charge in [0.1, 0.15) is 0 Å². The maximum atomic E-state index is 10.4. The molecular weight excluding hydrogens is 190 g/mol. The highest BCUT2D eigenvalue weighted by molar-refractivity contribution is 7.45. The fourth-order valence-electron chi connectivity index (χ4n) is 0.687. The van der Waals surface area contributed by atoms with E-state index in [0.717, 1.165) is 6.61 Å². The highest BCUT2D eigenvalue weighted by atomic mass is 31.2. The molecule has 0 radical (unpaired) electrons. The fourth-order valence-corrected chi connectivity index (χ4v) is 1.86. The van der Waals surface area contributed by atoms with Gasteiger partial charge < -0.3 is 4.43 Å². The first kappa shape index (κ1) is 11.3. The maximum absolute atomic E-state index is 10.4. The molecule has 0 aromatic rings. The summed E-state index contributed by atoms with van der Waals surface area (Å²) in [6.07, 6.45) is 2.75.